The molecule has 0 aliphatic carbocycles. The van der Waals surface area contributed by atoms with Crippen LogP contribution >= 0.6 is 0 Å². The Morgan fingerprint density at radius 3 is 2.48 bits per heavy atom. The van der Waals surface area contributed by atoms with Gasteiger partial charge in [0.1, 0.15) is 6.04 Å². The molecule has 1 aromatic rings. The summed E-state index contributed by atoms with van der Waals surface area (Å²) >= 11 is 0. The van der Waals surface area contributed by atoms with Crippen molar-refractivity contribution in [1.82, 2.24) is 10.0 Å². The summed E-state index contributed by atoms with van der Waals surface area (Å²) in [4.78, 5) is 11.7. The number of nitrogens with one attached hydrogen (secondary N) is 2. The number of carbonyl (C=O) groups is 1. The Kier molecular flexibility index (Phi) is 4.03. The van der Waals surface area contributed by atoms with Gasteiger partial charge in [-0.05, 0) is 17.7 Å². The molecule has 7 heteroatoms. The van der Waals surface area contributed by atoms with E-state index in [9.17, 15) is 13.2 Å². The van der Waals surface area contributed by atoms with Crippen LogP contribution in [-0.2, 0) is 20.6 Å². The van der Waals surface area contributed by atoms with Crippen molar-refractivity contribution in [2.45, 2.75) is 25.6 Å². The molecule has 0 saturated carbocycles. The predicted octanol–water partition coefficient (Wildman–Crippen LogP) is 0.502. The van der Waals surface area contributed by atoms with Crippen molar-refractivity contribution < 1.29 is 13.2 Å². The first-order chi connectivity index (χ1) is 9.73. The molecule has 1 amide bonds. The largest absolute Gasteiger partial charge is 0.354 e. The number of hydrogen-bond acceptors (Lipinski definition) is 4. The van der Waals surface area contributed by atoms with E-state index >= 15 is 0 Å². The highest BCUT2D eigenvalue weighted by Gasteiger charge is 2.43. The second-order valence-electron chi connectivity index (χ2n) is 5.83. The molecular formula is C14H17N3O3S. The van der Waals surface area contributed by atoms with E-state index in [1.165, 1.54) is 0 Å². The van der Waals surface area contributed by atoms with Crippen molar-refractivity contribution in [3.05, 3.63) is 35.4 Å². The van der Waals surface area contributed by atoms with Gasteiger partial charge in [0.25, 0.3) is 0 Å². The lowest BCUT2D eigenvalue weighted by molar-refractivity contribution is -0.121. The van der Waals surface area contributed by atoms with Gasteiger partial charge in [-0.2, -0.15) is 5.26 Å². The average Bonchev–Trinajstić information content (AvgIpc) is 2.66. The molecule has 112 valence electrons. The average molecular weight is 307 g/mol. The monoisotopic (exact) mass is 307 g/mol. The number of hydrogen-bond donors (Lipinski definition) is 2. The lowest BCUT2D eigenvalue weighted by atomic mass is 9.88. The number of benzene rings is 1. The van der Waals surface area contributed by atoms with Crippen LogP contribution in [0.4, 0.5) is 0 Å². The molecule has 1 aliphatic rings. The Bertz CT molecular complexity index is 687. The van der Waals surface area contributed by atoms with Gasteiger partial charge >= 0.3 is 0 Å². The Morgan fingerprint density at radius 1 is 1.38 bits per heavy atom. The van der Waals surface area contributed by atoms with Crippen LogP contribution in [0.1, 0.15) is 25.0 Å². The summed E-state index contributed by atoms with van der Waals surface area (Å²) in [5, 5.41) is 11.4. The quantitative estimate of drug-likeness (QED) is 0.846. The Hall–Kier alpha value is -1.91. The van der Waals surface area contributed by atoms with Gasteiger partial charge in [-0.15, -0.1) is 0 Å². The van der Waals surface area contributed by atoms with Gasteiger partial charge in [-0.3, -0.25) is 4.79 Å². The summed E-state index contributed by atoms with van der Waals surface area (Å²) in [6, 6.07) is 7.53. The molecule has 2 rings (SSSR count). The zero-order chi connectivity index (χ0) is 15.7. The summed E-state index contributed by atoms with van der Waals surface area (Å²) in [6.07, 6.45) is 0. The molecular weight excluding hydrogens is 290 g/mol. The number of sulfonamides is 1. The van der Waals surface area contributed by atoms with E-state index in [1.54, 1.807) is 24.3 Å². The van der Waals surface area contributed by atoms with Crippen LogP contribution in [0.3, 0.4) is 0 Å². The van der Waals surface area contributed by atoms with E-state index in [0.717, 1.165) is 0 Å². The van der Waals surface area contributed by atoms with Crippen LogP contribution in [0.5, 0.6) is 0 Å². The molecule has 1 saturated heterocycles. The molecule has 6 nitrogen and oxygen atoms in total. The van der Waals surface area contributed by atoms with Crippen LogP contribution in [-0.4, -0.2) is 26.9 Å². The lowest BCUT2D eigenvalue weighted by Crippen LogP contribution is -2.47. The fraction of sp³-hybridized carbons (Fsp3) is 0.429. The topological polar surface area (TPSA) is 99.1 Å². The van der Waals surface area contributed by atoms with Gasteiger partial charge in [0, 0.05) is 12.0 Å². The van der Waals surface area contributed by atoms with E-state index in [2.05, 4.69) is 10.0 Å². The summed E-state index contributed by atoms with van der Waals surface area (Å²) in [5.74, 6) is -0.526. The molecule has 21 heavy (non-hydrogen) atoms. The number of rotatable bonds is 4. The molecule has 2 N–H and O–H groups in total. The summed E-state index contributed by atoms with van der Waals surface area (Å²) in [7, 11) is -3.64. The fourth-order valence-corrected chi connectivity index (χ4v) is 3.70. The SMILES string of the molecule is CC1(C)CNC(=O)C1NS(=O)(=O)Cc1ccc(C#N)cc1. The van der Waals surface area contributed by atoms with Crippen molar-refractivity contribution >= 4 is 15.9 Å². The minimum absolute atomic E-state index is 0.224. The number of carbonyl (C=O) groups excluding carboxylic acids is 1. The van der Waals surface area contributed by atoms with Crippen molar-refractivity contribution in [2.24, 2.45) is 5.41 Å². The van der Waals surface area contributed by atoms with Crippen LogP contribution in [0.15, 0.2) is 24.3 Å². The normalized spacial score (nSPS) is 20.8. The molecule has 0 bridgehead atoms. The van der Waals surface area contributed by atoms with E-state index in [1.807, 2.05) is 19.9 Å². The van der Waals surface area contributed by atoms with Gasteiger partial charge in [-0.1, -0.05) is 26.0 Å². The van der Waals surface area contributed by atoms with Gasteiger partial charge < -0.3 is 5.32 Å². The third-order valence-electron chi connectivity index (χ3n) is 3.50. The first-order valence-corrected chi connectivity index (χ1v) is 8.15. The van der Waals surface area contributed by atoms with E-state index in [-0.39, 0.29) is 11.7 Å². The van der Waals surface area contributed by atoms with E-state index in [4.69, 9.17) is 5.26 Å². The molecule has 1 aliphatic heterocycles. The summed E-state index contributed by atoms with van der Waals surface area (Å²) < 4.78 is 26.8. The third kappa shape index (κ3) is 3.60. The molecule has 0 spiro atoms. The summed E-state index contributed by atoms with van der Waals surface area (Å²) in [6.45, 7) is 4.11. The predicted molar refractivity (Wildman–Crippen MR) is 77.5 cm³/mol. The van der Waals surface area contributed by atoms with Gasteiger partial charge in [0.2, 0.25) is 15.9 Å². The zero-order valence-corrected chi connectivity index (χ0v) is 12.7. The minimum atomic E-state index is -3.64. The van der Waals surface area contributed by atoms with E-state index in [0.29, 0.717) is 17.7 Å². The van der Waals surface area contributed by atoms with Crippen LogP contribution < -0.4 is 10.0 Å². The standard InChI is InChI=1S/C14H17N3O3S/c1-14(2)9-16-13(18)12(14)17-21(19,20)8-11-5-3-10(7-15)4-6-11/h3-6,12,17H,8-9H2,1-2H3,(H,16,18). The maximum absolute atomic E-state index is 12.2. The highest BCUT2D eigenvalue weighted by molar-refractivity contribution is 7.88. The molecule has 0 radical (unpaired) electrons. The van der Waals surface area contributed by atoms with Crippen LogP contribution in [0, 0.1) is 16.7 Å². The smallest absolute Gasteiger partial charge is 0.238 e. The number of amides is 1. The number of nitriles is 1. The second kappa shape index (κ2) is 5.47. The van der Waals surface area contributed by atoms with Gasteiger partial charge in [0.15, 0.2) is 0 Å². The third-order valence-corrected chi connectivity index (χ3v) is 4.81. The second-order valence-corrected chi connectivity index (χ2v) is 7.58. The Morgan fingerprint density at radius 2 is 2.00 bits per heavy atom. The van der Waals surface area contributed by atoms with Gasteiger partial charge in [0.05, 0.1) is 17.4 Å². The van der Waals surface area contributed by atoms with Crippen molar-refractivity contribution in [3.8, 4) is 6.07 Å². The highest BCUT2D eigenvalue weighted by Crippen LogP contribution is 2.25. The van der Waals surface area contributed by atoms with Crippen molar-refractivity contribution in [1.29, 1.82) is 5.26 Å². The number of nitrogens with zero attached hydrogens (tertiary/aromatic N) is 1. The van der Waals surface area contributed by atoms with Crippen LogP contribution in [0.25, 0.3) is 0 Å². The molecule has 1 fully saturated rings. The molecule has 0 aromatic heterocycles. The van der Waals surface area contributed by atoms with Crippen molar-refractivity contribution in [2.75, 3.05) is 6.54 Å². The lowest BCUT2D eigenvalue weighted by Gasteiger charge is -2.24. The Labute approximate surface area is 124 Å². The zero-order valence-electron chi connectivity index (χ0n) is 11.9. The van der Waals surface area contributed by atoms with Crippen LogP contribution in [0.2, 0.25) is 0 Å². The maximum atomic E-state index is 12.2. The van der Waals surface area contributed by atoms with E-state index < -0.39 is 21.5 Å². The van der Waals surface area contributed by atoms with Crippen molar-refractivity contribution in [3.63, 3.8) is 0 Å². The van der Waals surface area contributed by atoms with Gasteiger partial charge in [-0.25, -0.2) is 13.1 Å². The maximum Gasteiger partial charge on any atom is 0.238 e. The first kappa shape index (κ1) is 15.5. The molecule has 1 aromatic carbocycles. The molecule has 1 heterocycles. The first-order valence-electron chi connectivity index (χ1n) is 6.50. The molecule has 1 atom stereocenters. The minimum Gasteiger partial charge on any atom is -0.354 e. The summed E-state index contributed by atoms with van der Waals surface area (Å²) in [5.41, 5.74) is 0.576. The fourth-order valence-electron chi connectivity index (χ4n) is 2.20. The Balaban J connectivity index is 2.12. The molecule has 1 unspecified atom stereocenters. The highest BCUT2D eigenvalue weighted by atomic mass is 32.2.